The molecule has 0 aliphatic heterocycles. The van der Waals surface area contributed by atoms with Crippen LogP contribution in [0.4, 0.5) is 5.82 Å². The van der Waals surface area contributed by atoms with Crippen LogP contribution in [0, 0.1) is 5.41 Å². The van der Waals surface area contributed by atoms with Crippen LogP contribution >= 0.6 is 0 Å². The number of pyridine rings is 1. The fourth-order valence-corrected chi connectivity index (χ4v) is 3.07. The molecule has 134 valence electrons. The zero-order valence-electron chi connectivity index (χ0n) is 15.8. The maximum Gasteiger partial charge on any atom is 0.135 e. The molecule has 2 aromatic rings. The second kappa shape index (κ2) is 9.97. The van der Waals surface area contributed by atoms with Gasteiger partial charge in [-0.15, -0.1) is 0 Å². The fourth-order valence-electron chi connectivity index (χ4n) is 3.07. The Morgan fingerprint density at radius 2 is 1.80 bits per heavy atom. The fraction of sp³-hybridized carbons (Fsp3) is 0.455. The highest BCUT2D eigenvalue weighted by Gasteiger charge is 2.14. The molecule has 25 heavy (non-hydrogen) atoms. The monoisotopic (exact) mass is 337 g/mol. The number of unbranched alkanes of at least 4 members (excludes halogenated alkanes) is 1. The molecule has 2 N–H and O–H groups in total. The molecule has 1 aromatic carbocycles. The van der Waals surface area contributed by atoms with Crippen LogP contribution < -0.4 is 5.32 Å². The summed E-state index contributed by atoms with van der Waals surface area (Å²) in [6.07, 6.45) is 8.69. The highest BCUT2D eigenvalue weighted by Crippen LogP contribution is 2.20. The van der Waals surface area contributed by atoms with E-state index < -0.39 is 0 Å². The number of aromatic nitrogens is 1. The van der Waals surface area contributed by atoms with E-state index in [-0.39, 0.29) is 0 Å². The smallest absolute Gasteiger partial charge is 0.135 e. The van der Waals surface area contributed by atoms with E-state index in [1.54, 1.807) is 0 Å². The van der Waals surface area contributed by atoms with Gasteiger partial charge in [-0.2, -0.15) is 0 Å². The molecule has 1 aromatic heterocycles. The van der Waals surface area contributed by atoms with Crippen LogP contribution in [0.25, 0.3) is 0 Å². The van der Waals surface area contributed by atoms with E-state index in [2.05, 4.69) is 43.2 Å². The van der Waals surface area contributed by atoms with Crippen molar-refractivity contribution in [3.05, 3.63) is 59.3 Å². The van der Waals surface area contributed by atoms with Gasteiger partial charge in [0.1, 0.15) is 5.82 Å². The summed E-state index contributed by atoms with van der Waals surface area (Å²) >= 11 is 0. The van der Waals surface area contributed by atoms with Crippen molar-refractivity contribution < 1.29 is 0 Å². The Morgan fingerprint density at radius 1 is 1.04 bits per heavy atom. The normalized spacial score (nSPS) is 12.0. The molecule has 1 atom stereocenters. The van der Waals surface area contributed by atoms with Crippen molar-refractivity contribution in [3.8, 4) is 0 Å². The molecule has 0 spiro atoms. The molecule has 2 rings (SSSR count). The zero-order valence-corrected chi connectivity index (χ0v) is 15.8. The molecule has 0 aliphatic carbocycles. The van der Waals surface area contributed by atoms with Crippen LogP contribution in [0.5, 0.6) is 0 Å². The predicted octanol–water partition coefficient (Wildman–Crippen LogP) is 5.83. The van der Waals surface area contributed by atoms with E-state index in [9.17, 15) is 0 Å². The molecule has 0 amide bonds. The predicted molar refractivity (Wildman–Crippen MR) is 108 cm³/mol. The van der Waals surface area contributed by atoms with Gasteiger partial charge in [0.15, 0.2) is 0 Å². The molecule has 0 aliphatic rings. The molecule has 0 fully saturated rings. The lowest BCUT2D eigenvalue weighted by molar-refractivity contribution is 0.563. The average molecular weight is 338 g/mol. The third-order valence-electron chi connectivity index (χ3n) is 4.61. The van der Waals surface area contributed by atoms with Crippen molar-refractivity contribution in [1.82, 2.24) is 4.98 Å². The van der Waals surface area contributed by atoms with Crippen LogP contribution in [0.15, 0.2) is 42.6 Å². The second-order valence-electron chi connectivity index (χ2n) is 6.60. The summed E-state index contributed by atoms with van der Waals surface area (Å²) in [7, 11) is 0. The first-order chi connectivity index (χ1) is 12.2. The first kappa shape index (κ1) is 19.2. The molecule has 1 unspecified atom stereocenters. The number of nitrogens with one attached hydrogen (secondary N) is 2. The number of nitrogens with zero attached hydrogens (tertiary/aromatic N) is 1. The van der Waals surface area contributed by atoms with E-state index in [4.69, 9.17) is 5.41 Å². The quantitative estimate of drug-likeness (QED) is 0.536. The first-order valence-electron chi connectivity index (χ1n) is 9.59. The van der Waals surface area contributed by atoms with Gasteiger partial charge in [0, 0.05) is 23.4 Å². The van der Waals surface area contributed by atoms with E-state index >= 15 is 0 Å². The van der Waals surface area contributed by atoms with E-state index in [0.717, 1.165) is 42.6 Å². The van der Waals surface area contributed by atoms with Crippen LogP contribution in [-0.2, 0) is 6.42 Å². The Bertz CT molecular complexity index is 661. The van der Waals surface area contributed by atoms with Gasteiger partial charge >= 0.3 is 0 Å². The molecular weight excluding hydrogens is 306 g/mol. The summed E-state index contributed by atoms with van der Waals surface area (Å²) in [6.45, 7) is 6.59. The van der Waals surface area contributed by atoms with Crippen molar-refractivity contribution in [1.29, 1.82) is 5.41 Å². The van der Waals surface area contributed by atoms with Crippen molar-refractivity contribution in [3.63, 3.8) is 0 Å². The van der Waals surface area contributed by atoms with Crippen molar-refractivity contribution in [2.45, 2.75) is 65.3 Å². The van der Waals surface area contributed by atoms with Gasteiger partial charge in [-0.25, -0.2) is 4.98 Å². The summed E-state index contributed by atoms with van der Waals surface area (Å²) in [5, 5.41) is 12.2. The van der Waals surface area contributed by atoms with Crippen LogP contribution in [-0.4, -0.2) is 16.7 Å². The molecular formula is C22H31N3. The number of anilines is 1. The average Bonchev–Trinajstić information content (AvgIpc) is 2.66. The molecule has 3 heteroatoms. The topological polar surface area (TPSA) is 48.8 Å². The lowest BCUT2D eigenvalue weighted by Gasteiger charge is -2.20. The summed E-state index contributed by atoms with van der Waals surface area (Å²) in [4.78, 5) is 4.54. The summed E-state index contributed by atoms with van der Waals surface area (Å²) < 4.78 is 0. The van der Waals surface area contributed by atoms with Crippen LogP contribution in [0.2, 0.25) is 0 Å². The van der Waals surface area contributed by atoms with Gasteiger partial charge in [-0.3, -0.25) is 5.41 Å². The molecule has 0 saturated carbocycles. The Hall–Kier alpha value is -2.16. The standard InChI is InChI=1S/C22H31N3/c1-4-7-10-19(9-5-2)25-22-20(11-8-16-24-22)21(23)18-14-12-17(6-3)13-15-18/h8,11-16,19,23H,4-7,9-10H2,1-3H3,(H,24,25). The van der Waals surface area contributed by atoms with Crippen molar-refractivity contribution >= 4 is 11.5 Å². The van der Waals surface area contributed by atoms with Crippen LogP contribution in [0.1, 0.15) is 69.6 Å². The van der Waals surface area contributed by atoms with E-state index in [1.807, 2.05) is 30.5 Å². The second-order valence-corrected chi connectivity index (χ2v) is 6.60. The number of hydrogen-bond donors (Lipinski definition) is 2. The number of benzene rings is 1. The number of rotatable bonds is 10. The molecule has 0 saturated heterocycles. The molecule has 0 radical (unpaired) electrons. The number of hydrogen-bond acceptors (Lipinski definition) is 3. The van der Waals surface area contributed by atoms with Crippen LogP contribution in [0.3, 0.4) is 0 Å². The maximum absolute atomic E-state index is 8.64. The third kappa shape index (κ3) is 5.42. The van der Waals surface area contributed by atoms with E-state index in [0.29, 0.717) is 11.8 Å². The minimum absolute atomic E-state index is 0.425. The Morgan fingerprint density at radius 3 is 2.44 bits per heavy atom. The van der Waals surface area contributed by atoms with Gasteiger partial charge in [0.05, 0.1) is 5.71 Å². The maximum atomic E-state index is 8.64. The van der Waals surface area contributed by atoms with E-state index in [1.165, 1.54) is 18.4 Å². The Kier molecular flexibility index (Phi) is 7.65. The zero-order chi connectivity index (χ0) is 18.1. The lowest BCUT2D eigenvalue weighted by Crippen LogP contribution is -2.22. The van der Waals surface area contributed by atoms with Gasteiger partial charge in [0.25, 0.3) is 0 Å². The van der Waals surface area contributed by atoms with Gasteiger partial charge in [-0.1, -0.05) is 64.3 Å². The van der Waals surface area contributed by atoms with Crippen molar-refractivity contribution in [2.75, 3.05) is 5.32 Å². The highest BCUT2D eigenvalue weighted by atomic mass is 15.0. The minimum Gasteiger partial charge on any atom is -0.367 e. The van der Waals surface area contributed by atoms with Crippen molar-refractivity contribution in [2.24, 2.45) is 0 Å². The van der Waals surface area contributed by atoms with Gasteiger partial charge in [-0.05, 0) is 37.0 Å². The summed E-state index contributed by atoms with van der Waals surface area (Å²) in [5.41, 5.74) is 3.64. The number of aryl methyl sites for hydroxylation is 1. The summed E-state index contributed by atoms with van der Waals surface area (Å²) in [5.74, 6) is 0.835. The third-order valence-corrected chi connectivity index (χ3v) is 4.61. The Balaban J connectivity index is 2.21. The SMILES string of the molecule is CCCCC(CCC)Nc1ncccc1C(=N)c1ccc(CC)cc1. The highest BCUT2D eigenvalue weighted by molar-refractivity contribution is 6.13. The molecule has 3 nitrogen and oxygen atoms in total. The summed E-state index contributed by atoms with van der Waals surface area (Å²) in [6, 6.07) is 12.6. The largest absolute Gasteiger partial charge is 0.367 e. The first-order valence-corrected chi connectivity index (χ1v) is 9.59. The van der Waals surface area contributed by atoms with Gasteiger partial charge < -0.3 is 5.32 Å². The minimum atomic E-state index is 0.425. The lowest BCUT2D eigenvalue weighted by atomic mass is 10.00. The Labute approximate surface area is 152 Å². The van der Waals surface area contributed by atoms with Gasteiger partial charge in [0.2, 0.25) is 0 Å². The molecule has 1 heterocycles. The molecule has 0 bridgehead atoms.